The molecule has 0 saturated heterocycles. The number of hydrogen-bond acceptors (Lipinski definition) is 4. The van der Waals surface area contributed by atoms with Gasteiger partial charge in [0.15, 0.2) is 10.3 Å². The molecule has 2 bridgehead atoms. The lowest BCUT2D eigenvalue weighted by Gasteiger charge is -2.29. The van der Waals surface area contributed by atoms with Crippen LogP contribution >= 0.6 is 23.2 Å². The number of aliphatic carboxylic acids is 1. The fourth-order valence-electron chi connectivity index (χ4n) is 3.49. The summed E-state index contributed by atoms with van der Waals surface area (Å²) in [6.07, 6.45) is 3.04. The predicted molar refractivity (Wildman–Crippen MR) is 71.4 cm³/mol. The molecule has 0 amide bonds. The third-order valence-corrected chi connectivity index (χ3v) is 4.71. The predicted octanol–water partition coefficient (Wildman–Crippen LogP) is 2.69. The largest absolute Gasteiger partial charge is 0.481 e. The molecule has 2 aliphatic rings. The van der Waals surface area contributed by atoms with E-state index >= 15 is 0 Å². The van der Waals surface area contributed by atoms with Gasteiger partial charge in [-0.15, -0.1) is 10.2 Å². The summed E-state index contributed by atoms with van der Waals surface area (Å²) in [6.45, 7) is 0. The molecule has 0 aliphatic heterocycles. The normalized spacial score (nSPS) is 32.5. The summed E-state index contributed by atoms with van der Waals surface area (Å²) in [5.74, 6) is -0.450. The van der Waals surface area contributed by atoms with Crippen molar-refractivity contribution < 1.29 is 9.90 Å². The molecule has 1 aromatic heterocycles. The fourth-order valence-corrected chi connectivity index (χ4v) is 3.78. The fraction of sp³-hybridized carbons (Fsp3) is 0.583. The van der Waals surface area contributed by atoms with Crippen molar-refractivity contribution in [2.75, 3.05) is 5.32 Å². The van der Waals surface area contributed by atoms with Crippen LogP contribution in [0.1, 0.15) is 19.3 Å². The summed E-state index contributed by atoms with van der Waals surface area (Å²) in [4.78, 5) is 11.4. The summed E-state index contributed by atoms with van der Waals surface area (Å²) in [6, 6.07) is 1.48. The molecule has 0 spiro atoms. The zero-order valence-electron chi connectivity index (χ0n) is 10.0. The molecule has 0 radical (unpaired) electrons. The van der Waals surface area contributed by atoms with Crippen LogP contribution in [-0.4, -0.2) is 27.3 Å². The molecule has 2 aliphatic carbocycles. The zero-order chi connectivity index (χ0) is 13.6. The number of aromatic nitrogens is 2. The monoisotopic (exact) mass is 301 g/mol. The second-order valence-electron chi connectivity index (χ2n) is 5.24. The van der Waals surface area contributed by atoms with E-state index in [0.717, 1.165) is 19.3 Å². The van der Waals surface area contributed by atoms with Gasteiger partial charge in [0, 0.05) is 12.1 Å². The molecule has 3 rings (SSSR count). The van der Waals surface area contributed by atoms with Crippen LogP contribution in [0, 0.1) is 17.8 Å². The lowest BCUT2D eigenvalue weighted by Crippen LogP contribution is -2.39. The lowest BCUT2D eigenvalue weighted by atomic mass is 9.84. The van der Waals surface area contributed by atoms with Crippen LogP contribution < -0.4 is 5.32 Å². The zero-order valence-corrected chi connectivity index (χ0v) is 11.5. The summed E-state index contributed by atoms with van der Waals surface area (Å²) >= 11 is 11.8. The summed E-state index contributed by atoms with van der Waals surface area (Å²) in [7, 11) is 0. The molecule has 5 nitrogen and oxygen atoms in total. The smallest absolute Gasteiger partial charge is 0.308 e. The highest BCUT2D eigenvalue weighted by molar-refractivity contribution is 6.33. The molecule has 102 valence electrons. The number of halogens is 2. The number of carboxylic acid groups (broad SMARTS) is 1. The highest BCUT2D eigenvalue weighted by atomic mass is 35.5. The molecule has 4 atom stereocenters. The van der Waals surface area contributed by atoms with Gasteiger partial charge in [-0.05, 0) is 31.1 Å². The van der Waals surface area contributed by atoms with Crippen LogP contribution in [0.2, 0.25) is 10.3 Å². The van der Waals surface area contributed by atoms with Crippen LogP contribution in [0.25, 0.3) is 0 Å². The van der Waals surface area contributed by atoms with Gasteiger partial charge in [-0.1, -0.05) is 23.2 Å². The molecular weight excluding hydrogens is 289 g/mol. The number of fused-ring (bicyclic) bond motifs is 2. The first-order valence-electron chi connectivity index (χ1n) is 6.24. The first-order chi connectivity index (χ1) is 9.06. The Morgan fingerprint density at radius 2 is 2.05 bits per heavy atom. The number of nitrogens with zero attached hydrogens (tertiary/aromatic N) is 2. The molecule has 0 aromatic carbocycles. The number of nitrogens with one attached hydrogen (secondary N) is 1. The Hall–Kier alpha value is -1.07. The molecule has 7 heteroatoms. The van der Waals surface area contributed by atoms with Gasteiger partial charge in [-0.3, -0.25) is 4.79 Å². The van der Waals surface area contributed by atoms with E-state index in [4.69, 9.17) is 23.2 Å². The first kappa shape index (κ1) is 12.9. The quantitative estimate of drug-likeness (QED) is 0.898. The highest BCUT2D eigenvalue weighted by Gasteiger charge is 2.51. The van der Waals surface area contributed by atoms with E-state index in [1.165, 1.54) is 0 Å². The van der Waals surface area contributed by atoms with Gasteiger partial charge < -0.3 is 10.4 Å². The molecule has 4 unspecified atom stereocenters. The maximum absolute atomic E-state index is 11.4. The Bertz CT molecular complexity index is 526. The topological polar surface area (TPSA) is 75.1 Å². The van der Waals surface area contributed by atoms with Crippen LogP contribution in [0.5, 0.6) is 0 Å². The van der Waals surface area contributed by atoms with Crippen molar-refractivity contribution in [2.45, 2.75) is 25.3 Å². The van der Waals surface area contributed by atoms with Gasteiger partial charge in [0.2, 0.25) is 0 Å². The van der Waals surface area contributed by atoms with Crippen molar-refractivity contribution in [1.29, 1.82) is 0 Å². The Kier molecular flexibility index (Phi) is 3.27. The van der Waals surface area contributed by atoms with Gasteiger partial charge in [0.05, 0.1) is 11.6 Å². The van der Waals surface area contributed by atoms with Gasteiger partial charge in [-0.25, -0.2) is 0 Å². The number of rotatable bonds is 3. The minimum absolute atomic E-state index is 0.103. The van der Waals surface area contributed by atoms with E-state index in [0.29, 0.717) is 11.6 Å². The Morgan fingerprint density at radius 1 is 1.32 bits per heavy atom. The molecule has 19 heavy (non-hydrogen) atoms. The molecular formula is C12H13Cl2N3O2. The molecule has 2 saturated carbocycles. The third kappa shape index (κ3) is 2.25. The summed E-state index contributed by atoms with van der Waals surface area (Å²) in [5, 5.41) is 20.4. The van der Waals surface area contributed by atoms with Crippen molar-refractivity contribution in [3.8, 4) is 0 Å². The van der Waals surface area contributed by atoms with Crippen molar-refractivity contribution >= 4 is 34.9 Å². The standard InChI is InChI=1S/C12H13Cl2N3O2/c13-8-4-7(11(14)17-16-8)15-10-6-2-1-5(3-6)9(10)12(18)19/h4-6,9-10H,1-3H2,(H,15,16)(H,18,19). The highest BCUT2D eigenvalue weighted by Crippen LogP contribution is 2.49. The number of carbonyl (C=O) groups is 1. The van der Waals surface area contributed by atoms with E-state index in [1.54, 1.807) is 6.07 Å². The van der Waals surface area contributed by atoms with Crippen molar-refractivity contribution in [2.24, 2.45) is 17.8 Å². The minimum atomic E-state index is -0.742. The van der Waals surface area contributed by atoms with Crippen LogP contribution in [0.4, 0.5) is 5.69 Å². The Morgan fingerprint density at radius 3 is 2.79 bits per heavy atom. The van der Waals surface area contributed by atoms with E-state index in [2.05, 4.69) is 15.5 Å². The van der Waals surface area contributed by atoms with E-state index in [-0.39, 0.29) is 28.2 Å². The third-order valence-electron chi connectivity index (χ3n) is 4.24. The van der Waals surface area contributed by atoms with Gasteiger partial charge >= 0.3 is 5.97 Å². The average molecular weight is 302 g/mol. The van der Waals surface area contributed by atoms with Gasteiger partial charge in [-0.2, -0.15) is 0 Å². The van der Waals surface area contributed by atoms with Crippen LogP contribution in [0.15, 0.2) is 6.07 Å². The van der Waals surface area contributed by atoms with Crippen molar-refractivity contribution in [1.82, 2.24) is 10.2 Å². The van der Waals surface area contributed by atoms with Crippen LogP contribution in [0.3, 0.4) is 0 Å². The second-order valence-corrected chi connectivity index (χ2v) is 5.98. The number of anilines is 1. The molecule has 2 fully saturated rings. The Labute approximate surface area is 120 Å². The van der Waals surface area contributed by atoms with E-state index < -0.39 is 5.97 Å². The Balaban J connectivity index is 1.85. The summed E-state index contributed by atoms with van der Waals surface area (Å²) < 4.78 is 0. The molecule has 1 aromatic rings. The second kappa shape index (κ2) is 4.80. The van der Waals surface area contributed by atoms with Crippen molar-refractivity contribution in [3.63, 3.8) is 0 Å². The van der Waals surface area contributed by atoms with E-state index in [9.17, 15) is 9.90 Å². The van der Waals surface area contributed by atoms with E-state index in [1.807, 2.05) is 0 Å². The molecule has 2 N–H and O–H groups in total. The maximum Gasteiger partial charge on any atom is 0.308 e. The SMILES string of the molecule is O=C(O)C1C2CCC(C2)C1Nc1cc(Cl)nnc1Cl. The van der Waals surface area contributed by atoms with Crippen molar-refractivity contribution in [3.05, 3.63) is 16.4 Å². The van der Waals surface area contributed by atoms with Gasteiger partial charge in [0.1, 0.15) is 0 Å². The van der Waals surface area contributed by atoms with Crippen LogP contribution in [-0.2, 0) is 4.79 Å². The number of carboxylic acids is 1. The maximum atomic E-state index is 11.4. The first-order valence-corrected chi connectivity index (χ1v) is 7.00. The molecule has 1 heterocycles. The summed E-state index contributed by atoms with van der Waals surface area (Å²) in [5.41, 5.74) is 0.561. The number of hydrogen-bond donors (Lipinski definition) is 2. The minimum Gasteiger partial charge on any atom is -0.481 e. The lowest BCUT2D eigenvalue weighted by molar-refractivity contribution is -0.143. The average Bonchev–Trinajstić information content (AvgIpc) is 2.94. The van der Waals surface area contributed by atoms with Gasteiger partial charge in [0.25, 0.3) is 0 Å².